The molecule has 0 radical (unpaired) electrons. The molecular formula is C33H23BrF4. The van der Waals surface area contributed by atoms with Crippen molar-refractivity contribution < 1.29 is 17.6 Å². The van der Waals surface area contributed by atoms with Crippen LogP contribution in [-0.2, 0) is 10.7 Å². The molecule has 0 spiro atoms. The minimum atomic E-state index is -1.70. The molecule has 5 aromatic rings. The predicted octanol–water partition coefficient (Wildman–Crippen LogP) is 9.30. The summed E-state index contributed by atoms with van der Waals surface area (Å²) in [5.41, 5.74) is 0.0121. The van der Waals surface area contributed by atoms with Crippen LogP contribution in [0.2, 0.25) is 0 Å². The van der Waals surface area contributed by atoms with Crippen molar-refractivity contribution in [1.82, 2.24) is 0 Å². The number of benzene rings is 5. The summed E-state index contributed by atoms with van der Waals surface area (Å²) in [6.45, 7) is 0. The second-order valence-corrected chi connectivity index (χ2v) is 9.60. The Morgan fingerprint density at radius 2 is 0.842 bits per heavy atom. The van der Waals surface area contributed by atoms with Crippen molar-refractivity contribution in [2.24, 2.45) is 0 Å². The zero-order chi connectivity index (χ0) is 26.7. The Morgan fingerprint density at radius 3 is 1.26 bits per heavy atom. The van der Waals surface area contributed by atoms with Crippen LogP contribution in [0.5, 0.6) is 0 Å². The lowest BCUT2D eigenvalue weighted by Crippen LogP contribution is -2.40. The predicted molar refractivity (Wildman–Crippen MR) is 146 cm³/mol. The van der Waals surface area contributed by atoms with E-state index in [0.717, 1.165) is 5.56 Å². The summed E-state index contributed by atoms with van der Waals surface area (Å²) < 4.78 is 63.8. The SMILES string of the molecule is Fc1ccccc1C(c1ccccc1F)C(c1ccccc1F)(c1ccccc1F)c1ccccc1CBr. The topological polar surface area (TPSA) is 0 Å². The first-order valence-electron chi connectivity index (χ1n) is 12.1. The summed E-state index contributed by atoms with van der Waals surface area (Å²) >= 11 is 3.54. The Bertz CT molecular complexity index is 1490. The van der Waals surface area contributed by atoms with Crippen LogP contribution >= 0.6 is 15.9 Å². The van der Waals surface area contributed by atoms with E-state index < -0.39 is 34.6 Å². The van der Waals surface area contributed by atoms with Gasteiger partial charge in [0.15, 0.2) is 0 Å². The summed E-state index contributed by atoms with van der Waals surface area (Å²) in [4.78, 5) is 0. The van der Waals surface area contributed by atoms with Crippen molar-refractivity contribution in [2.75, 3.05) is 0 Å². The summed E-state index contributed by atoms with van der Waals surface area (Å²) in [5, 5.41) is 0.356. The van der Waals surface area contributed by atoms with Crippen molar-refractivity contribution in [3.05, 3.63) is 178 Å². The molecule has 5 rings (SSSR count). The van der Waals surface area contributed by atoms with Crippen molar-refractivity contribution in [1.29, 1.82) is 0 Å². The lowest BCUT2D eigenvalue weighted by atomic mass is 9.57. The number of halogens is 5. The Labute approximate surface area is 227 Å². The van der Waals surface area contributed by atoms with E-state index in [9.17, 15) is 0 Å². The molecule has 5 heteroatoms. The molecule has 0 aliphatic heterocycles. The van der Waals surface area contributed by atoms with E-state index in [1.807, 2.05) is 12.1 Å². The van der Waals surface area contributed by atoms with Gasteiger partial charge in [-0.1, -0.05) is 113 Å². The molecule has 5 aromatic carbocycles. The highest BCUT2D eigenvalue weighted by Crippen LogP contribution is 2.55. The number of rotatable bonds is 7. The molecule has 0 bridgehead atoms. The van der Waals surface area contributed by atoms with Gasteiger partial charge in [-0.25, -0.2) is 17.6 Å². The van der Waals surface area contributed by atoms with Gasteiger partial charge in [0, 0.05) is 22.4 Å². The largest absolute Gasteiger partial charge is 0.207 e. The average Bonchev–Trinajstić information content (AvgIpc) is 2.94. The van der Waals surface area contributed by atoms with Crippen LogP contribution in [0.25, 0.3) is 0 Å². The van der Waals surface area contributed by atoms with Gasteiger partial charge in [0.1, 0.15) is 23.3 Å². The highest BCUT2D eigenvalue weighted by Gasteiger charge is 2.50. The van der Waals surface area contributed by atoms with Crippen molar-refractivity contribution in [2.45, 2.75) is 16.7 Å². The third kappa shape index (κ3) is 4.35. The van der Waals surface area contributed by atoms with Crippen LogP contribution in [0.4, 0.5) is 17.6 Å². The number of hydrogen-bond donors (Lipinski definition) is 0. The van der Waals surface area contributed by atoms with E-state index in [1.54, 1.807) is 72.8 Å². The Balaban J connectivity index is 2.09. The standard InChI is InChI=1S/C33H23BrF4/c34-21-22-11-1-4-14-25(22)33(26-15-5-9-19-30(26)37,27-16-6-10-20-31(27)38)32(23-12-2-7-17-28(23)35)24-13-3-8-18-29(24)36/h1-20,32H,21H2. The van der Waals surface area contributed by atoms with E-state index in [2.05, 4.69) is 15.9 Å². The molecule has 0 heterocycles. The second-order valence-electron chi connectivity index (χ2n) is 9.03. The van der Waals surface area contributed by atoms with Gasteiger partial charge in [-0.15, -0.1) is 0 Å². The fourth-order valence-electron chi connectivity index (χ4n) is 5.54. The highest BCUT2D eigenvalue weighted by molar-refractivity contribution is 9.08. The molecule has 0 amide bonds. The second kappa shape index (κ2) is 11.0. The maximum atomic E-state index is 16.1. The first kappa shape index (κ1) is 25.9. The number of alkyl halides is 1. The van der Waals surface area contributed by atoms with Crippen LogP contribution in [0.15, 0.2) is 121 Å². The fraction of sp³-hybridized carbons (Fsp3) is 0.0909. The van der Waals surface area contributed by atoms with Gasteiger partial charge in [-0.3, -0.25) is 0 Å². The van der Waals surface area contributed by atoms with Crippen LogP contribution in [0.1, 0.15) is 39.3 Å². The smallest absolute Gasteiger partial charge is 0.127 e. The first-order valence-corrected chi connectivity index (χ1v) is 13.3. The molecule has 0 atom stereocenters. The van der Waals surface area contributed by atoms with E-state index in [1.165, 1.54) is 36.4 Å². The molecule has 0 saturated heterocycles. The summed E-state index contributed by atoms with van der Waals surface area (Å²) in [6.07, 6.45) is 0. The van der Waals surface area contributed by atoms with E-state index in [-0.39, 0.29) is 22.3 Å². The molecule has 0 unspecified atom stereocenters. The maximum absolute atomic E-state index is 16.1. The minimum absolute atomic E-state index is 0.106. The lowest BCUT2D eigenvalue weighted by Gasteiger charge is -2.44. The maximum Gasteiger partial charge on any atom is 0.127 e. The van der Waals surface area contributed by atoms with Gasteiger partial charge in [0.2, 0.25) is 0 Å². The van der Waals surface area contributed by atoms with Gasteiger partial charge in [0.05, 0.1) is 5.41 Å². The van der Waals surface area contributed by atoms with Crippen molar-refractivity contribution >= 4 is 15.9 Å². The van der Waals surface area contributed by atoms with Crippen molar-refractivity contribution in [3.8, 4) is 0 Å². The van der Waals surface area contributed by atoms with Gasteiger partial charge in [-0.05, 0) is 46.5 Å². The van der Waals surface area contributed by atoms with Gasteiger partial charge in [0.25, 0.3) is 0 Å². The van der Waals surface area contributed by atoms with E-state index >= 15 is 17.6 Å². The zero-order valence-corrected chi connectivity index (χ0v) is 21.8. The third-order valence-electron chi connectivity index (χ3n) is 7.05. The van der Waals surface area contributed by atoms with E-state index in [0.29, 0.717) is 10.9 Å². The molecule has 190 valence electrons. The molecule has 0 fully saturated rings. The summed E-state index contributed by atoms with van der Waals surface area (Å²) in [5.74, 6) is -3.61. The molecule has 0 aliphatic rings. The molecular weight excluding hydrogens is 552 g/mol. The fourth-order valence-corrected chi connectivity index (χ4v) is 6.03. The first-order chi connectivity index (χ1) is 18.5. The lowest BCUT2D eigenvalue weighted by molar-refractivity contribution is 0.443. The molecule has 0 saturated carbocycles. The average molecular weight is 575 g/mol. The molecule has 0 aromatic heterocycles. The third-order valence-corrected chi connectivity index (χ3v) is 7.65. The Hall–Kier alpha value is -3.70. The molecule has 0 nitrogen and oxygen atoms in total. The summed E-state index contributed by atoms with van der Waals surface area (Å²) in [6, 6.07) is 31.4. The molecule has 0 aliphatic carbocycles. The minimum Gasteiger partial charge on any atom is -0.207 e. The van der Waals surface area contributed by atoms with E-state index in [4.69, 9.17) is 0 Å². The van der Waals surface area contributed by atoms with Gasteiger partial charge < -0.3 is 0 Å². The van der Waals surface area contributed by atoms with Crippen LogP contribution in [0.3, 0.4) is 0 Å². The van der Waals surface area contributed by atoms with Crippen LogP contribution in [-0.4, -0.2) is 0 Å². The normalized spacial score (nSPS) is 11.6. The summed E-state index contributed by atoms with van der Waals surface area (Å²) in [7, 11) is 0. The van der Waals surface area contributed by atoms with Crippen LogP contribution in [0, 0.1) is 23.3 Å². The Kier molecular flexibility index (Phi) is 7.48. The van der Waals surface area contributed by atoms with Crippen LogP contribution < -0.4 is 0 Å². The highest BCUT2D eigenvalue weighted by atomic mass is 79.9. The molecule has 38 heavy (non-hydrogen) atoms. The van der Waals surface area contributed by atoms with Crippen molar-refractivity contribution in [3.63, 3.8) is 0 Å². The monoisotopic (exact) mass is 574 g/mol. The number of hydrogen-bond acceptors (Lipinski definition) is 0. The van der Waals surface area contributed by atoms with Gasteiger partial charge in [-0.2, -0.15) is 0 Å². The quantitative estimate of drug-likeness (QED) is 0.103. The molecule has 0 N–H and O–H groups in total. The zero-order valence-electron chi connectivity index (χ0n) is 20.2. The van der Waals surface area contributed by atoms with Gasteiger partial charge >= 0.3 is 0 Å². The Morgan fingerprint density at radius 1 is 0.474 bits per heavy atom.